The van der Waals surface area contributed by atoms with Gasteiger partial charge in [-0.2, -0.15) is 0 Å². The van der Waals surface area contributed by atoms with Crippen LogP contribution in [0.2, 0.25) is 0 Å². The molecular weight excluding hydrogens is 310 g/mol. The van der Waals surface area contributed by atoms with Gasteiger partial charge in [-0.05, 0) is 24.1 Å². The van der Waals surface area contributed by atoms with Crippen LogP contribution in [0.25, 0.3) is 0 Å². The van der Waals surface area contributed by atoms with Crippen molar-refractivity contribution in [1.29, 1.82) is 0 Å². The number of benzene rings is 1. The van der Waals surface area contributed by atoms with Crippen molar-refractivity contribution in [2.75, 3.05) is 19.7 Å². The second-order valence-electron chi connectivity index (χ2n) is 4.67. The Kier molecular flexibility index (Phi) is 4.96. The Bertz CT molecular complexity index is 452. The average molecular weight is 328 g/mol. The zero-order chi connectivity index (χ0) is 13.8. The number of nitrogens with zero attached hydrogens (tertiary/aromatic N) is 1. The third-order valence-corrected chi connectivity index (χ3v) is 3.92. The number of aliphatic carboxylic acids is 1. The van der Waals surface area contributed by atoms with E-state index < -0.39 is 12.0 Å². The third kappa shape index (κ3) is 3.55. The molecule has 0 spiro atoms. The summed E-state index contributed by atoms with van der Waals surface area (Å²) < 4.78 is 6.78. The van der Waals surface area contributed by atoms with Gasteiger partial charge in [0, 0.05) is 17.6 Å². The molecule has 0 amide bonds. The molecule has 5 heteroatoms. The first-order valence-corrected chi connectivity index (χ1v) is 7.25. The summed E-state index contributed by atoms with van der Waals surface area (Å²) in [7, 11) is 0. The van der Waals surface area contributed by atoms with Crippen LogP contribution in [0.5, 0.6) is 0 Å². The van der Waals surface area contributed by atoms with E-state index in [1.54, 1.807) is 0 Å². The van der Waals surface area contributed by atoms with Gasteiger partial charge in [-0.25, -0.2) is 0 Å². The Balaban J connectivity index is 2.10. The molecule has 0 saturated carbocycles. The normalized spacial score (nSPS) is 22.1. The molecule has 2 atom stereocenters. The molecule has 0 bridgehead atoms. The molecule has 0 aromatic heterocycles. The van der Waals surface area contributed by atoms with Crippen molar-refractivity contribution in [1.82, 2.24) is 4.90 Å². The Hall–Kier alpha value is -0.910. The molecule has 1 saturated heterocycles. The van der Waals surface area contributed by atoms with Crippen LogP contribution in [0, 0.1) is 0 Å². The number of rotatable bonds is 4. The summed E-state index contributed by atoms with van der Waals surface area (Å²) in [5.41, 5.74) is 1.08. The minimum atomic E-state index is -0.752. The van der Waals surface area contributed by atoms with Gasteiger partial charge in [0.15, 0.2) is 0 Å². The molecule has 104 valence electrons. The van der Waals surface area contributed by atoms with Crippen LogP contribution in [-0.2, 0) is 9.53 Å². The van der Waals surface area contributed by atoms with Gasteiger partial charge in [0.05, 0.1) is 12.7 Å². The van der Waals surface area contributed by atoms with E-state index in [-0.39, 0.29) is 6.10 Å². The molecule has 1 aromatic carbocycles. The fourth-order valence-corrected chi connectivity index (χ4v) is 2.87. The van der Waals surface area contributed by atoms with Gasteiger partial charge in [-0.3, -0.25) is 9.69 Å². The topological polar surface area (TPSA) is 49.8 Å². The van der Waals surface area contributed by atoms with E-state index in [1.165, 1.54) is 0 Å². The lowest BCUT2D eigenvalue weighted by molar-refractivity contribution is -0.147. The molecule has 1 aliphatic heterocycles. The molecule has 1 fully saturated rings. The Labute approximate surface area is 121 Å². The first-order valence-electron chi connectivity index (χ1n) is 6.45. The molecule has 2 rings (SSSR count). The highest BCUT2D eigenvalue weighted by Crippen LogP contribution is 2.26. The summed E-state index contributed by atoms with van der Waals surface area (Å²) in [6.45, 7) is 3.78. The quantitative estimate of drug-likeness (QED) is 0.923. The van der Waals surface area contributed by atoms with E-state index >= 15 is 0 Å². The van der Waals surface area contributed by atoms with Crippen LogP contribution in [0.3, 0.4) is 0 Å². The predicted molar refractivity (Wildman–Crippen MR) is 76.1 cm³/mol. The highest BCUT2D eigenvalue weighted by Gasteiger charge is 2.30. The third-order valence-electron chi connectivity index (χ3n) is 3.43. The molecule has 0 unspecified atom stereocenters. The number of carbonyl (C=O) groups is 1. The molecule has 0 aliphatic carbocycles. The van der Waals surface area contributed by atoms with Crippen molar-refractivity contribution in [3.8, 4) is 0 Å². The summed E-state index contributed by atoms with van der Waals surface area (Å²) in [6.07, 6.45) is 0.556. The second kappa shape index (κ2) is 6.50. The predicted octanol–water partition coefficient (Wildman–Crippen LogP) is 2.69. The van der Waals surface area contributed by atoms with E-state index in [0.29, 0.717) is 26.1 Å². The molecule has 19 heavy (non-hydrogen) atoms. The maximum Gasteiger partial charge on any atom is 0.320 e. The van der Waals surface area contributed by atoms with Crippen LogP contribution in [0.15, 0.2) is 28.7 Å². The first-order chi connectivity index (χ1) is 9.11. The van der Waals surface area contributed by atoms with Crippen molar-refractivity contribution in [3.05, 3.63) is 34.3 Å². The van der Waals surface area contributed by atoms with Crippen LogP contribution < -0.4 is 0 Å². The van der Waals surface area contributed by atoms with E-state index in [4.69, 9.17) is 4.74 Å². The lowest BCUT2D eigenvalue weighted by Crippen LogP contribution is -2.48. The maximum atomic E-state index is 11.2. The highest BCUT2D eigenvalue weighted by molar-refractivity contribution is 9.10. The van der Waals surface area contributed by atoms with E-state index in [1.807, 2.05) is 36.1 Å². The van der Waals surface area contributed by atoms with Crippen molar-refractivity contribution >= 4 is 21.9 Å². The molecule has 0 radical (unpaired) electrons. The van der Waals surface area contributed by atoms with Crippen molar-refractivity contribution < 1.29 is 14.6 Å². The number of halogens is 1. The number of ether oxygens (including phenoxy) is 1. The van der Waals surface area contributed by atoms with Gasteiger partial charge < -0.3 is 9.84 Å². The summed E-state index contributed by atoms with van der Waals surface area (Å²) in [4.78, 5) is 13.2. The van der Waals surface area contributed by atoms with Gasteiger partial charge in [-0.15, -0.1) is 0 Å². The van der Waals surface area contributed by atoms with Crippen LogP contribution >= 0.6 is 15.9 Å². The highest BCUT2D eigenvalue weighted by atomic mass is 79.9. The standard InChI is InChI=1S/C14H18BrNO3/c1-2-12(14(17)18)16-6-7-19-13(9-16)10-4-3-5-11(15)8-10/h3-5,8,12-13H,2,6-7,9H2,1H3,(H,17,18)/t12-,13-/m1/s1. The average Bonchev–Trinajstić information content (AvgIpc) is 2.39. The van der Waals surface area contributed by atoms with Crippen molar-refractivity contribution in [2.45, 2.75) is 25.5 Å². The summed E-state index contributed by atoms with van der Waals surface area (Å²) in [6, 6.07) is 7.56. The van der Waals surface area contributed by atoms with Gasteiger partial charge in [0.2, 0.25) is 0 Å². The van der Waals surface area contributed by atoms with Crippen LogP contribution in [0.4, 0.5) is 0 Å². The Morgan fingerprint density at radius 1 is 1.63 bits per heavy atom. The minimum Gasteiger partial charge on any atom is -0.480 e. The second-order valence-corrected chi connectivity index (χ2v) is 5.59. The van der Waals surface area contributed by atoms with Crippen molar-refractivity contribution in [3.63, 3.8) is 0 Å². The van der Waals surface area contributed by atoms with Crippen molar-refractivity contribution in [2.24, 2.45) is 0 Å². The zero-order valence-electron chi connectivity index (χ0n) is 10.9. The van der Waals surface area contributed by atoms with Crippen LogP contribution in [0.1, 0.15) is 25.0 Å². The smallest absolute Gasteiger partial charge is 0.320 e. The lowest BCUT2D eigenvalue weighted by Gasteiger charge is -2.36. The van der Waals surface area contributed by atoms with Gasteiger partial charge in [0.25, 0.3) is 0 Å². The summed E-state index contributed by atoms with van der Waals surface area (Å²) in [5.74, 6) is -0.752. The number of carboxylic acid groups (broad SMARTS) is 1. The zero-order valence-corrected chi connectivity index (χ0v) is 12.5. The fourth-order valence-electron chi connectivity index (χ4n) is 2.45. The number of hydrogen-bond acceptors (Lipinski definition) is 3. The van der Waals surface area contributed by atoms with Gasteiger partial charge in [-0.1, -0.05) is 35.0 Å². The fraction of sp³-hybridized carbons (Fsp3) is 0.500. The lowest BCUT2D eigenvalue weighted by atomic mass is 10.1. The van der Waals surface area contributed by atoms with E-state index in [2.05, 4.69) is 15.9 Å². The van der Waals surface area contributed by atoms with Gasteiger partial charge >= 0.3 is 5.97 Å². The SMILES string of the molecule is CC[C@H](C(=O)O)N1CCO[C@@H](c2cccc(Br)c2)C1. The Morgan fingerprint density at radius 3 is 3.05 bits per heavy atom. The van der Waals surface area contributed by atoms with Gasteiger partial charge in [0.1, 0.15) is 6.04 Å². The molecule has 1 heterocycles. The molecule has 1 N–H and O–H groups in total. The number of carboxylic acids is 1. The van der Waals surface area contributed by atoms with Crippen LogP contribution in [-0.4, -0.2) is 41.7 Å². The minimum absolute atomic E-state index is 0.0559. The molecule has 4 nitrogen and oxygen atoms in total. The van der Waals surface area contributed by atoms with E-state index in [0.717, 1.165) is 10.0 Å². The largest absolute Gasteiger partial charge is 0.480 e. The Morgan fingerprint density at radius 2 is 2.42 bits per heavy atom. The number of hydrogen-bond donors (Lipinski definition) is 1. The molecule has 1 aromatic rings. The van der Waals surface area contributed by atoms with E-state index in [9.17, 15) is 9.90 Å². The summed E-state index contributed by atoms with van der Waals surface area (Å²) >= 11 is 3.45. The molecule has 1 aliphatic rings. The maximum absolute atomic E-state index is 11.2. The number of morpholine rings is 1. The summed E-state index contributed by atoms with van der Waals surface area (Å²) in [5, 5.41) is 9.24. The first kappa shape index (κ1) is 14.5. The monoisotopic (exact) mass is 327 g/mol. The molecular formula is C14H18BrNO3.